The lowest BCUT2D eigenvalue weighted by molar-refractivity contribution is -0.156. The maximum atomic E-state index is 11.9. The molecule has 4 heteroatoms. The van der Waals surface area contributed by atoms with Crippen LogP contribution in [0.3, 0.4) is 0 Å². The second-order valence-electron chi connectivity index (χ2n) is 7.70. The van der Waals surface area contributed by atoms with Gasteiger partial charge in [-0.05, 0) is 38.9 Å². The Kier molecular flexibility index (Phi) is 6.51. The lowest BCUT2D eigenvalue weighted by Gasteiger charge is -2.39. The van der Waals surface area contributed by atoms with Crippen LogP contribution in [0.4, 0.5) is 0 Å². The average Bonchev–Trinajstić information content (AvgIpc) is 2.11. The van der Waals surface area contributed by atoms with E-state index in [9.17, 15) is 4.79 Å². The van der Waals surface area contributed by atoms with Crippen molar-refractivity contribution in [2.75, 3.05) is 0 Å². The SMILES string of the molecule is C#CC[C@@H](CC(=O)OC(C)(C)C)O[Si](C)(C)C(C)(C)C. The van der Waals surface area contributed by atoms with E-state index in [-0.39, 0.29) is 23.5 Å². The first-order chi connectivity index (χ1) is 8.78. The van der Waals surface area contributed by atoms with Gasteiger partial charge in [-0.3, -0.25) is 4.79 Å². The van der Waals surface area contributed by atoms with E-state index in [1.54, 1.807) is 0 Å². The van der Waals surface area contributed by atoms with Gasteiger partial charge in [0.2, 0.25) is 0 Å². The Morgan fingerprint density at radius 1 is 1.20 bits per heavy atom. The predicted octanol–water partition coefficient (Wildman–Crippen LogP) is 4.13. The van der Waals surface area contributed by atoms with Crippen molar-refractivity contribution in [1.82, 2.24) is 0 Å². The third kappa shape index (κ3) is 7.11. The van der Waals surface area contributed by atoms with Crippen LogP contribution in [0.2, 0.25) is 18.1 Å². The molecule has 0 N–H and O–H groups in total. The Hall–Kier alpha value is -0.793. The van der Waals surface area contributed by atoms with Gasteiger partial charge < -0.3 is 9.16 Å². The first-order valence-corrected chi connectivity index (χ1v) is 10.0. The van der Waals surface area contributed by atoms with Gasteiger partial charge in [0.05, 0.1) is 12.5 Å². The van der Waals surface area contributed by atoms with E-state index in [1.165, 1.54) is 0 Å². The molecule has 0 heterocycles. The highest BCUT2D eigenvalue weighted by Crippen LogP contribution is 2.38. The number of esters is 1. The van der Waals surface area contributed by atoms with Crippen molar-refractivity contribution in [3.63, 3.8) is 0 Å². The number of ether oxygens (including phenoxy) is 1. The molecule has 0 amide bonds. The van der Waals surface area contributed by atoms with Crippen molar-refractivity contribution < 1.29 is 14.0 Å². The quantitative estimate of drug-likeness (QED) is 0.435. The van der Waals surface area contributed by atoms with Crippen LogP contribution in [0.5, 0.6) is 0 Å². The molecular weight excluding hydrogens is 268 g/mol. The molecule has 0 unspecified atom stereocenters. The summed E-state index contributed by atoms with van der Waals surface area (Å²) < 4.78 is 11.6. The zero-order chi connectivity index (χ0) is 16.2. The number of hydrogen-bond acceptors (Lipinski definition) is 3. The van der Waals surface area contributed by atoms with Gasteiger partial charge in [-0.1, -0.05) is 20.8 Å². The summed E-state index contributed by atoms with van der Waals surface area (Å²) in [6, 6.07) is 0. The van der Waals surface area contributed by atoms with E-state index in [1.807, 2.05) is 20.8 Å². The maximum Gasteiger partial charge on any atom is 0.308 e. The molecular formula is C16H30O3Si. The van der Waals surface area contributed by atoms with E-state index in [4.69, 9.17) is 15.6 Å². The minimum absolute atomic E-state index is 0.0911. The van der Waals surface area contributed by atoms with E-state index < -0.39 is 13.9 Å². The summed E-state index contributed by atoms with van der Waals surface area (Å²) in [7, 11) is -1.93. The van der Waals surface area contributed by atoms with Crippen LogP contribution in [0.25, 0.3) is 0 Å². The highest BCUT2D eigenvalue weighted by atomic mass is 28.4. The number of carbonyl (C=O) groups is 1. The van der Waals surface area contributed by atoms with E-state index in [2.05, 4.69) is 39.8 Å². The molecule has 0 aromatic heterocycles. The van der Waals surface area contributed by atoms with Gasteiger partial charge in [0, 0.05) is 6.42 Å². The highest BCUT2D eigenvalue weighted by Gasteiger charge is 2.39. The normalized spacial score (nSPS) is 14.6. The van der Waals surface area contributed by atoms with Gasteiger partial charge in [-0.2, -0.15) is 0 Å². The summed E-state index contributed by atoms with van der Waals surface area (Å²) in [6.07, 6.45) is 5.79. The van der Waals surface area contributed by atoms with Gasteiger partial charge in [-0.25, -0.2) is 0 Å². The Balaban J connectivity index is 4.76. The van der Waals surface area contributed by atoms with E-state index >= 15 is 0 Å². The van der Waals surface area contributed by atoms with Crippen LogP contribution in [0, 0.1) is 12.3 Å². The third-order valence-electron chi connectivity index (χ3n) is 3.43. The van der Waals surface area contributed by atoms with Crippen molar-refractivity contribution >= 4 is 14.3 Å². The van der Waals surface area contributed by atoms with Crippen LogP contribution in [-0.4, -0.2) is 26.0 Å². The first-order valence-electron chi connectivity index (χ1n) is 7.11. The molecule has 0 aliphatic carbocycles. The number of terminal acetylenes is 1. The fraction of sp³-hybridized carbons (Fsp3) is 0.812. The molecule has 0 bridgehead atoms. The molecule has 0 saturated heterocycles. The fourth-order valence-electron chi connectivity index (χ4n) is 1.45. The summed E-state index contributed by atoms with van der Waals surface area (Å²) in [5.74, 6) is 2.35. The monoisotopic (exact) mass is 298 g/mol. The summed E-state index contributed by atoms with van der Waals surface area (Å²) in [5, 5.41) is 0.0911. The molecule has 0 radical (unpaired) electrons. The van der Waals surface area contributed by atoms with Crippen LogP contribution >= 0.6 is 0 Å². The largest absolute Gasteiger partial charge is 0.460 e. The van der Waals surface area contributed by atoms with Gasteiger partial charge in [0.25, 0.3) is 0 Å². The van der Waals surface area contributed by atoms with Crippen LogP contribution < -0.4 is 0 Å². The van der Waals surface area contributed by atoms with Gasteiger partial charge in [-0.15, -0.1) is 12.3 Å². The first kappa shape index (κ1) is 19.2. The van der Waals surface area contributed by atoms with E-state index in [0.29, 0.717) is 6.42 Å². The lowest BCUT2D eigenvalue weighted by Crippen LogP contribution is -2.44. The topological polar surface area (TPSA) is 35.5 Å². The van der Waals surface area contributed by atoms with Gasteiger partial charge >= 0.3 is 5.97 Å². The highest BCUT2D eigenvalue weighted by molar-refractivity contribution is 6.74. The molecule has 0 saturated carbocycles. The molecule has 20 heavy (non-hydrogen) atoms. The summed E-state index contributed by atoms with van der Waals surface area (Å²) in [4.78, 5) is 11.9. The van der Waals surface area contributed by atoms with Crippen molar-refractivity contribution in [2.24, 2.45) is 0 Å². The van der Waals surface area contributed by atoms with Crippen molar-refractivity contribution in [3.8, 4) is 12.3 Å². The predicted molar refractivity (Wildman–Crippen MR) is 86.0 cm³/mol. The molecule has 0 aliphatic heterocycles. The minimum atomic E-state index is -1.93. The summed E-state index contributed by atoms with van der Waals surface area (Å²) >= 11 is 0. The molecule has 116 valence electrons. The van der Waals surface area contributed by atoms with E-state index in [0.717, 1.165) is 0 Å². The fourth-order valence-corrected chi connectivity index (χ4v) is 2.80. The van der Waals surface area contributed by atoms with Gasteiger partial charge in [0.1, 0.15) is 5.60 Å². The molecule has 0 aromatic carbocycles. The third-order valence-corrected chi connectivity index (χ3v) is 7.96. The number of carbonyl (C=O) groups excluding carboxylic acids is 1. The molecule has 3 nitrogen and oxygen atoms in total. The molecule has 1 atom stereocenters. The summed E-state index contributed by atoms with van der Waals surface area (Å²) in [6.45, 7) is 16.4. The second kappa shape index (κ2) is 6.78. The molecule has 0 fully saturated rings. The maximum absolute atomic E-state index is 11.9. The molecule has 0 aliphatic rings. The Morgan fingerprint density at radius 2 is 1.70 bits per heavy atom. The molecule has 0 spiro atoms. The Bertz CT molecular complexity index is 367. The smallest absolute Gasteiger partial charge is 0.308 e. The van der Waals surface area contributed by atoms with Crippen LogP contribution in [0.1, 0.15) is 54.4 Å². The van der Waals surface area contributed by atoms with Crippen LogP contribution in [0.15, 0.2) is 0 Å². The number of hydrogen-bond donors (Lipinski definition) is 0. The number of rotatable bonds is 5. The zero-order valence-corrected chi connectivity index (χ0v) is 15.3. The van der Waals surface area contributed by atoms with Crippen LogP contribution in [-0.2, 0) is 14.0 Å². The Morgan fingerprint density at radius 3 is 2.05 bits per heavy atom. The van der Waals surface area contributed by atoms with Gasteiger partial charge in [0.15, 0.2) is 8.32 Å². The average molecular weight is 298 g/mol. The van der Waals surface area contributed by atoms with Crippen molar-refractivity contribution in [2.45, 2.75) is 84.2 Å². The standard InChI is InChI=1S/C16H30O3Si/c1-10-11-13(12-14(17)18-15(2,3)4)19-20(8,9)16(5,6)7/h1,13H,11-12H2,2-9H3/t13-/m0/s1. The van der Waals surface area contributed by atoms with Crippen molar-refractivity contribution in [1.29, 1.82) is 0 Å². The Labute approximate surface area is 125 Å². The zero-order valence-electron chi connectivity index (χ0n) is 14.3. The summed E-state index contributed by atoms with van der Waals surface area (Å²) in [5.41, 5.74) is -0.477. The molecule has 0 aromatic rings. The second-order valence-corrected chi connectivity index (χ2v) is 12.5. The molecule has 0 rings (SSSR count). The minimum Gasteiger partial charge on any atom is -0.460 e. The lowest BCUT2D eigenvalue weighted by atomic mass is 10.1. The van der Waals surface area contributed by atoms with Crippen molar-refractivity contribution in [3.05, 3.63) is 0 Å².